The zero-order chi connectivity index (χ0) is 5.21. The molecule has 8 heavy (non-hydrogen) atoms. The van der Waals surface area contributed by atoms with Gasteiger partial charge < -0.3 is 21.5 Å². The summed E-state index contributed by atoms with van der Waals surface area (Å²) in [6.45, 7) is 3.39. The second-order valence-corrected chi connectivity index (χ2v) is 2.61. The molecule has 0 unspecified atom stereocenters. The molecule has 0 atom stereocenters. The molecule has 54 valence electrons. The molecule has 0 heterocycles. The van der Waals surface area contributed by atoms with Gasteiger partial charge in [-0.1, -0.05) is 0 Å². The third-order valence-corrected chi connectivity index (χ3v) is 0.949. The van der Waals surface area contributed by atoms with E-state index in [1.165, 1.54) is 6.54 Å². The molecule has 0 rings (SSSR count). The van der Waals surface area contributed by atoms with E-state index in [-0.39, 0.29) is 27.9 Å². The number of rotatable bonds is 1. The number of hydrogen-bond acceptors (Lipinski definition) is 0. The fourth-order valence-electron chi connectivity index (χ4n) is 0. The van der Waals surface area contributed by atoms with Gasteiger partial charge in [0.15, 0.2) is 0 Å². The Bertz CT molecular complexity index is 42.2. The van der Waals surface area contributed by atoms with Crippen molar-refractivity contribution >= 4 is 11.0 Å². The first-order valence-corrected chi connectivity index (χ1v) is 2.36. The van der Waals surface area contributed by atoms with Gasteiger partial charge in [-0.25, -0.2) is 0 Å². The molecule has 0 aromatic heterocycles. The minimum atomic E-state index is 0. The largest absolute Gasteiger partial charge is 1.00 e. The van der Waals surface area contributed by atoms with Crippen LogP contribution in [0.4, 0.5) is 0 Å². The second kappa shape index (κ2) is 5.79. The Kier molecular flexibility index (Phi) is 11.5. The molecule has 1 nitrogen and oxygen atoms in total. The maximum atomic E-state index is 2.18. The molecule has 0 saturated carbocycles. The predicted molar refractivity (Wildman–Crippen MR) is 39.9 cm³/mol. The summed E-state index contributed by atoms with van der Waals surface area (Å²) in [4.78, 5) is 0. The van der Waals surface area contributed by atoms with Gasteiger partial charge in [0.2, 0.25) is 0 Å². The van der Waals surface area contributed by atoms with Crippen molar-refractivity contribution in [2.45, 2.75) is 6.92 Å². The summed E-state index contributed by atoms with van der Waals surface area (Å²) in [7, 11) is 6.54. The minimum Gasteiger partial charge on any atom is -1.00 e. The van der Waals surface area contributed by atoms with Crippen LogP contribution in [0.2, 0.25) is 0 Å². The monoisotopic (exact) mass is 199 g/mol. The van der Waals surface area contributed by atoms with Crippen molar-refractivity contribution in [1.82, 2.24) is 0 Å². The molecule has 3 heteroatoms. The van der Waals surface area contributed by atoms with Crippen LogP contribution >= 0.6 is 0 Å². The standard InChI is InChI=1S/C5H14N.BrH.H4Si/c1-5-6(2,3)4;;/h5H2,1-4H3;1H;1H4/q+1;;/p-1. The van der Waals surface area contributed by atoms with Gasteiger partial charge in [-0.15, -0.1) is 0 Å². The van der Waals surface area contributed by atoms with E-state index in [1.807, 2.05) is 0 Å². The van der Waals surface area contributed by atoms with Crippen LogP contribution in [0.25, 0.3) is 0 Å². The molecule has 0 aliphatic rings. The van der Waals surface area contributed by atoms with Gasteiger partial charge in [-0.3, -0.25) is 0 Å². The normalized spacial score (nSPS) is 9.00. The molecular formula is C5H18BrNSi. The molecule has 0 saturated heterocycles. The lowest BCUT2D eigenvalue weighted by Gasteiger charge is -2.20. The first-order valence-electron chi connectivity index (χ1n) is 2.36. The van der Waals surface area contributed by atoms with Gasteiger partial charge >= 0.3 is 0 Å². The van der Waals surface area contributed by atoms with Crippen LogP contribution in [-0.4, -0.2) is 43.1 Å². The predicted octanol–water partition coefficient (Wildman–Crippen LogP) is -3.74. The Hall–Kier alpha value is 0.657. The van der Waals surface area contributed by atoms with Gasteiger partial charge in [0.1, 0.15) is 0 Å². The first kappa shape index (κ1) is 15.9. The fraction of sp³-hybridized carbons (Fsp3) is 1.00. The number of quaternary nitrogens is 1. The molecule has 0 aromatic carbocycles. The summed E-state index contributed by atoms with van der Waals surface area (Å²) in [6, 6.07) is 0. The van der Waals surface area contributed by atoms with Crippen LogP contribution in [0.3, 0.4) is 0 Å². The van der Waals surface area contributed by atoms with E-state index in [0.717, 1.165) is 4.48 Å². The summed E-state index contributed by atoms with van der Waals surface area (Å²) in [5.74, 6) is 0. The smallest absolute Gasteiger partial charge is 0.0751 e. The molecule has 0 aromatic rings. The van der Waals surface area contributed by atoms with E-state index >= 15 is 0 Å². The maximum absolute atomic E-state index is 2.18. The first-order chi connectivity index (χ1) is 2.56. The highest BCUT2D eigenvalue weighted by Crippen LogP contribution is 1.83. The van der Waals surface area contributed by atoms with E-state index in [1.54, 1.807) is 0 Å². The van der Waals surface area contributed by atoms with Crippen molar-refractivity contribution in [2.24, 2.45) is 0 Å². The van der Waals surface area contributed by atoms with Crippen molar-refractivity contribution in [3.63, 3.8) is 0 Å². The van der Waals surface area contributed by atoms with Crippen molar-refractivity contribution in [3.05, 3.63) is 0 Å². The van der Waals surface area contributed by atoms with Crippen LogP contribution in [0.5, 0.6) is 0 Å². The zero-order valence-corrected chi connectivity index (χ0v) is 7.12. The Morgan fingerprint density at radius 2 is 1.25 bits per heavy atom. The SMILES string of the molecule is CC[N+](C)(C)C.[Br-].[SiH4]. The van der Waals surface area contributed by atoms with Gasteiger partial charge in [-0.05, 0) is 17.9 Å². The zero-order valence-electron chi connectivity index (χ0n) is 5.53. The second-order valence-electron chi connectivity index (χ2n) is 2.61. The molecule has 0 fully saturated rings. The molecule has 0 aliphatic heterocycles. The summed E-state index contributed by atoms with van der Waals surface area (Å²) in [5, 5.41) is 0. The average Bonchev–Trinajstić information content (AvgIpc) is 1.35. The van der Waals surface area contributed by atoms with Crippen molar-refractivity contribution < 1.29 is 21.5 Å². The number of halogens is 1. The Balaban J connectivity index is -0.000000125. The molecule has 0 amide bonds. The number of nitrogens with zero attached hydrogens (tertiary/aromatic N) is 1. The van der Waals surface area contributed by atoms with Crippen molar-refractivity contribution in [3.8, 4) is 0 Å². The van der Waals surface area contributed by atoms with Crippen molar-refractivity contribution in [2.75, 3.05) is 27.7 Å². The molecule has 0 radical (unpaired) electrons. The summed E-state index contributed by atoms with van der Waals surface area (Å²) < 4.78 is 1.07. The highest BCUT2D eigenvalue weighted by atomic mass is 79.9. The van der Waals surface area contributed by atoms with E-state index in [4.69, 9.17) is 0 Å². The summed E-state index contributed by atoms with van der Waals surface area (Å²) >= 11 is 0. The molecule has 0 N–H and O–H groups in total. The quantitative estimate of drug-likeness (QED) is 0.301. The van der Waals surface area contributed by atoms with Gasteiger partial charge in [0.25, 0.3) is 0 Å². The van der Waals surface area contributed by atoms with E-state index in [2.05, 4.69) is 28.1 Å². The minimum absolute atomic E-state index is 0. The van der Waals surface area contributed by atoms with Crippen LogP contribution in [0.1, 0.15) is 6.92 Å². The van der Waals surface area contributed by atoms with Gasteiger partial charge in [-0.2, -0.15) is 0 Å². The third-order valence-electron chi connectivity index (χ3n) is 0.949. The summed E-state index contributed by atoms with van der Waals surface area (Å²) in [6.07, 6.45) is 0. The molecule has 0 aliphatic carbocycles. The third kappa shape index (κ3) is 15.9. The Labute approximate surface area is 67.5 Å². The van der Waals surface area contributed by atoms with Crippen LogP contribution in [-0.2, 0) is 0 Å². The maximum Gasteiger partial charge on any atom is 0.0751 e. The Morgan fingerprint density at radius 1 is 1.12 bits per heavy atom. The summed E-state index contributed by atoms with van der Waals surface area (Å²) in [5.41, 5.74) is 0. The molecule has 0 spiro atoms. The Morgan fingerprint density at radius 3 is 1.25 bits per heavy atom. The number of hydrogen-bond donors (Lipinski definition) is 0. The molecule has 0 bridgehead atoms. The van der Waals surface area contributed by atoms with Crippen LogP contribution in [0, 0.1) is 0 Å². The highest BCUT2D eigenvalue weighted by Gasteiger charge is 1.97. The van der Waals surface area contributed by atoms with Gasteiger partial charge in [0, 0.05) is 0 Å². The van der Waals surface area contributed by atoms with E-state index in [0.29, 0.717) is 0 Å². The van der Waals surface area contributed by atoms with Crippen molar-refractivity contribution in [1.29, 1.82) is 0 Å². The highest BCUT2D eigenvalue weighted by molar-refractivity contribution is 5.75. The van der Waals surface area contributed by atoms with E-state index < -0.39 is 0 Å². The lowest BCUT2D eigenvalue weighted by atomic mass is 10.6. The average molecular weight is 200 g/mol. The lowest BCUT2D eigenvalue weighted by molar-refractivity contribution is -0.868. The fourth-order valence-corrected chi connectivity index (χ4v) is 0. The van der Waals surface area contributed by atoms with E-state index in [9.17, 15) is 0 Å². The molecular weight excluding hydrogens is 182 g/mol. The lowest BCUT2D eigenvalue weighted by Crippen LogP contribution is -3.00. The van der Waals surface area contributed by atoms with Crippen LogP contribution < -0.4 is 17.0 Å². The van der Waals surface area contributed by atoms with Crippen LogP contribution in [0.15, 0.2) is 0 Å². The topological polar surface area (TPSA) is 0 Å². The van der Waals surface area contributed by atoms with Gasteiger partial charge in [0.05, 0.1) is 27.7 Å².